The molecular weight excluding hydrogens is 269 g/mol. The fourth-order valence-electron chi connectivity index (χ4n) is 1.91. The predicted octanol–water partition coefficient (Wildman–Crippen LogP) is 5.18. The molecule has 102 valence electrons. The maximum atomic E-state index is 12.8. The fraction of sp³-hybridized carbons (Fsp3) is 0.118. The van der Waals surface area contributed by atoms with E-state index in [4.69, 9.17) is 0 Å². The van der Waals surface area contributed by atoms with Crippen LogP contribution >= 0.6 is 11.3 Å². The molecule has 20 heavy (non-hydrogen) atoms. The van der Waals surface area contributed by atoms with Crippen LogP contribution in [0.3, 0.4) is 0 Å². The number of hydrogen-bond acceptors (Lipinski definition) is 2. The average molecular weight is 285 g/mol. The van der Waals surface area contributed by atoms with Gasteiger partial charge in [0.1, 0.15) is 5.82 Å². The highest BCUT2D eigenvalue weighted by atomic mass is 32.1. The van der Waals surface area contributed by atoms with E-state index in [1.165, 1.54) is 12.1 Å². The zero-order valence-corrected chi connectivity index (χ0v) is 11.0. The van der Waals surface area contributed by atoms with Gasteiger partial charge in [0.05, 0.1) is 10.7 Å². The Balaban J connectivity index is 0.00000147. The second-order valence-corrected chi connectivity index (χ2v) is 5.24. The number of thiazole rings is 1. The van der Waals surface area contributed by atoms with E-state index < -0.39 is 0 Å². The summed E-state index contributed by atoms with van der Waals surface area (Å²) in [5.74, 6) is -0.201. The summed E-state index contributed by atoms with van der Waals surface area (Å²) in [5, 5.41) is 3.11. The molecule has 0 spiro atoms. The highest BCUT2D eigenvalue weighted by Gasteiger charge is 2.05. The normalized spacial score (nSPS) is 10.1. The molecule has 3 aromatic rings. The third-order valence-electron chi connectivity index (χ3n) is 2.89. The first-order chi connectivity index (χ1) is 9.31. The Morgan fingerprint density at radius 1 is 0.950 bits per heavy atom. The van der Waals surface area contributed by atoms with Crippen molar-refractivity contribution in [2.45, 2.75) is 13.8 Å². The monoisotopic (exact) mass is 285 g/mol. The number of benzene rings is 2. The smallest absolute Gasteiger partial charge is 0.123 e. The molecule has 1 nitrogen and oxygen atoms in total. The summed E-state index contributed by atoms with van der Waals surface area (Å²) < 4.78 is 12.8. The molecule has 0 atom stereocenters. The summed E-state index contributed by atoms with van der Waals surface area (Å²) in [4.78, 5) is 4.62. The molecule has 0 saturated carbocycles. The molecule has 0 bridgehead atoms. The van der Waals surface area contributed by atoms with Gasteiger partial charge in [-0.2, -0.15) is 0 Å². The number of hydrogen-bond donors (Lipinski definition) is 0. The van der Waals surface area contributed by atoms with Crippen molar-refractivity contribution in [2.75, 3.05) is 0 Å². The van der Waals surface area contributed by atoms with E-state index in [2.05, 4.69) is 22.5 Å². The molecule has 0 aliphatic carbocycles. The maximum Gasteiger partial charge on any atom is 0.123 e. The van der Waals surface area contributed by atoms with Crippen LogP contribution in [0.5, 0.6) is 0 Å². The third kappa shape index (κ3) is 3.31. The van der Waals surface area contributed by atoms with Crippen molar-refractivity contribution in [1.29, 1.82) is 0 Å². The van der Waals surface area contributed by atoms with E-state index in [1.54, 1.807) is 23.5 Å². The average Bonchev–Trinajstić information content (AvgIpc) is 2.91. The lowest BCUT2D eigenvalue weighted by Gasteiger charge is -1.98. The Hall–Kier alpha value is -2.00. The van der Waals surface area contributed by atoms with E-state index in [9.17, 15) is 4.39 Å². The van der Waals surface area contributed by atoms with Crippen LogP contribution in [-0.4, -0.2) is 4.98 Å². The first-order valence-corrected chi connectivity index (χ1v) is 6.93. The molecule has 0 amide bonds. The Morgan fingerprint density at radius 2 is 1.65 bits per heavy atom. The molecule has 0 N–H and O–H groups in total. The largest absolute Gasteiger partial charge is 0.241 e. The topological polar surface area (TPSA) is 12.9 Å². The van der Waals surface area contributed by atoms with Gasteiger partial charge in [0.2, 0.25) is 0 Å². The molecule has 1 heterocycles. The van der Waals surface area contributed by atoms with Crippen molar-refractivity contribution in [1.82, 2.24) is 4.98 Å². The Kier molecular flexibility index (Phi) is 4.64. The first kappa shape index (κ1) is 14.4. The van der Waals surface area contributed by atoms with Gasteiger partial charge in [-0.05, 0) is 17.7 Å². The van der Waals surface area contributed by atoms with Gasteiger partial charge in [0, 0.05) is 17.4 Å². The molecule has 0 aliphatic heterocycles. The van der Waals surface area contributed by atoms with Crippen molar-refractivity contribution in [3.63, 3.8) is 0 Å². The van der Waals surface area contributed by atoms with Crippen molar-refractivity contribution in [3.8, 4) is 11.3 Å². The summed E-state index contributed by atoms with van der Waals surface area (Å²) in [7, 11) is 0. The lowest BCUT2D eigenvalue weighted by Crippen LogP contribution is -1.88. The van der Waals surface area contributed by atoms with E-state index in [0.29, 0.717) is 0 Å². The minimum atomic E-state index is -0.201. The number of nitrogens with zero attached hydrogens (tertiary/aromatic N) is 1. The summed E-state index contributed by atoms with van der Waals surface area (Å²) in [5.41, 5.74) is 3.21. The molecule has 3 heteroatoms. The minimum absolute atomic E-state index is 0. The van der Waals surface area contributed by atoms with Gasteiger partial charge < -0.3 is 0 Å². The molecule has 0 aliphatic rings. The van der Waals surface area contributed by atoms with E-state index in [0.717, 1.165) is 28.2 Å². The van der Waals surface area contributed by atoms with Gasteiger partial charge >= 0.3 is 0 Å². The Morgan fingerprint density at radius 3 is 2.35 bits per heavy atom. The van der Waals surface area contributed by atoms with Crippen molar-refractivity contribution >= 4 is 11.3 Å². The number of halogens is 1. The summed E-state index contributed by atoms with van der Waals surface area (Å²) in [6.07, 6.45) is 0.748. The lowest BCUT2D eigenvalue weighted by molar-refractivity contribution is 0.627. The van der Waals surface area contributed by atoms with Crippen molar-refractivity contribution in [3.05, 3.63) is 76.4 Å². The van der Waals surface area contributed by atoms with Crippen LogP contribution in [-0.2, 0) is 6.42 Å². The van der Waals surface area contributed by atoms with E-state index in [1.807, 2.05) is 18.2 Å². The van der Waals surface area contributed by atoms with Gasteiger partial charge in [-0.15, -0.1) is 11.3 Å². The van der Waals surface area contributed by atoms with Crippen molar-refractivity contribution < 1.29 is 4.39 Å². The van der Waals surface area contributed by atoms with Gasteiger partial charge in [-0.3, -0.25) is 0 Å². The van der Waals surface area contributed by atoms with Crippen LogP contribution in [0, 0.1) is 5.82 Å². The van der Waals surface area contributed by atoms with Gasteiger partial charge in [0.25, 0.3) is 0 Å². The van der Waals surface area contributed by atoms with Crippen LogP contribution in [0.25, 0.3) is 11.3 Å². The SMILES string of the molecule is C.Fc1ccc(Cc2nc(-c3ccccc3)cs2)cc1. The van der Waals surface area contributed by atoms with Crippen LogP contribution in [0.1, 0.15) is 18.0 Å². The van der Waals surface area contributed by atoms with Crippen molar-refractivity contribution in [2.24, 2.45) is 0 Å². The minimum Gasteiger partial charge on any atom is -0.241 e. The number of rotatable bonds is 3. The fourth-order valence-corrected chi connectivity index (χ4v) is 2.75. The molecule has 3 rings (SSSR count). The Bertz CT molecular complexity index is 659. The second-order valence-electron chi connectivity index (χ2n) is 4.30. The van der Waals surface area contributed by atoms with Crippen LogP contribution < -0.4 is 0 Å². The molecule has 0 radical (unpaired) electrons. The van der Waals surface area contributed by atoms with E-state index in [-0.39, 0.29) is 13.2 Å². The zero-order chi connectivity index (χ0) is 13.1. The molecule has 0 saturated heterocycles. The first-order valence-electron chi connectivity index (χ1n) is 6.05. The van der Waals surface area contributed by atoms with Gasteiger partial charge in [-0.1, -0.05) is 49.9 Å². The quantitative estimate of drug-likeness (QED) is 0.646. The highest BCUT2D eigenvalue weighted by Crippen LogP contribution is 2.23. The summed E-state index contributed by atoms with van der Waals surface area (Å²) >= 11 is 1.64. The second kappa shape index (κ2) is 6.44. The van der Waals surface area contributed by atoms with Crippen LogP contribution in [0.4, 0.5) is 4.39 Å². The predicted molar refractivity (Wildman–Crippen MR) is 83.5 cm³/mol. The highest BCUT2D eigenvalue weighted by molar-refractivity contribution is 7.10. The van der Waals surface area contributed by atoms with Crippen LogP contribution in [0.2, 0.25) is 0 Å². The van der Waals surface area contributed by atoms with Gasteiger partial charge in [0.15, 0.2) is 0 Å². The molecule has 0 fully saturated rings. The van der Waals surface area contributed by atoms with E-state index >= 15 is 0 Å². The lowest BCUT2D eigenvalue weighted by atomic mass is 10.1. The standard InChI is InChI=1S/C16H12FNS.CH4/c17-14-8-6-12(7-9-14)10-16-18-15(11-19-16)13-4-2-1-3-5-13;/h1-9,11H,10H2;1H4. The molecule has 0 unspecified atom stereocenters. The summed E-state index contributed by atoms with van der Waals surface area (Å²) in [6, 6.07) is 16.7. The van der Waals surface area contributed by atoms with Crippen LogP contribution in [0.15, 0.2) is 60.0 Å². The molecule has 1 aromatic heterocycles. The summed E-state index contributed by atoms with van der Waals surface area (Å²) in [6.45, 7) is 0. The Labute approximate surface area is 122 Å². The number of aromatic nitrogens is 1. The third-order valence-corrected chi connectivity index (χ3v) is 3.74. The molecular formula is C17H16FNS. The zero-order valence-electron chi connectivity index (χ0n) is 10.2. The maximum absolute atomic E-state index is 12.8. The molecule has 2 aromatic carbocycles. The van der Waals surface area contributed by atoms with Gasteiger partial charge in [-0.25, -0.2) is 9.37 Å².